The summed E-state index contributed by atoms with van der Waals surface area (Å²) in [6.07, 6.45) is 2.45. The van der Waals surface area contributed by atoms with Crippen molar-refractivity contribution in [3.63, 3.8) is 0 Å². The third kappa shape index (κ3) is 3.92. The summed E-state index contributed by atoms with van der Waals surface area (Å²) in [5.41, 5.74) is 4.44. The smallest absolute Gasteiger partial charge is 0.259 e. The van der Waals surface area contributed by atoms with Gasteiger partial charge in [-0.1, -0.05) is 17.7 Å². The van der Waals surface area contributed by atoms with E-state index >= 15 is 0 Å². The first-order chi connectivity index (χ1) is 15.9. The molecule has 5 rings (SSSR count). The lowest BCUT2D eigenvalue weighted by Gasteiger charge is -2.22. The van der Waals surface area contributed by atoms with Crippen molar-refractivity contribution in [2.45, 2.75) is 13.3 Å². The van der Waals surface area contributed by atoms with Gasteiger partial charge in [-0.05, 0) is 60.7 Å². The second kappa shape index (κ2) is 8.46. The largest absolute Gasteiger partial charge is 0.322 e. The Labute approximate surface area is 198 Å². The molecule has 0 bridgehead atoms. The molecule has 4 aromatic rings. The minimum Gasteiger partial charge on any atom is -0.322 e. The first kappa shape index (κ1) is 21.4. The van der Waals surface area contributed by atoms with Crippen molar-refractivity contribution < 1.29 is 14.0 Å². The minimum absolute atomic E-state index is 0.218. The molecule has 0 fully saturated rings. The monoisotopic (exact) mass is 480 g/mol. The lowest BCUT2D eigenvalue weighted by atomic mass is 10.1. The molecule has 2 amide bonds. The Hall–Kier alpha value is -3.49. The number of rotatable bonds is 3. The highest BCUT2D eigenvalue weighted by molar-refractivity contribution is 7.14. The number of anilines is 2. The van der Waals surface area contributed by atoms with Gasteiger partial charge in [0.15, 0.2) is 0 Å². The maximum atomic E-state index is 13.6. The summed E-state index contributed by atoms with van der Waals surface area (Å²) in [5, 5.41) is 12.0. The van der Waals surface area contributed by atoms with Crippen LogP contribution in [0.25, 0.3) is 10.6 Å². The van der Waals surface area contributed by atoms with Gasteiger partial charge in [-0.15, -0.1) is 11.3 Å². The summed E-state index contributed by atoms with van der Waals surface area (Å²) in [7, 11) is 0. The van der Waals surface area contributed by atoms with Gasteiger partial charge in [0.2, 0.25) is 0 Å². The number of nitrogens with zero attached hydrogens (tertiary/aromatic N) is 2. The van der Waals surface area contributed by atoms with Gasteiger partial charge in [-0.2, -0.15) is 5.10 Å². The Kier molecular flexibility index (Phi) is 5.47. The number of carbonyl (C=O) groups is 2. The molecule has 0 atom stereocenters. The van der Waals surface area contributed by atoms with E-state index in [2.05, 4.69) is 15.5 Å². The second-order valence-electron chi connectivity index (χ2n) is 7.72. The normalized spacial score (nSPS) is 12.6. The molecule has 0 saturated heterocycles. The Morgan fingerprint density at radius 1 is 1.18 bits per heavy atom. The standard InChI is InChI=1S/C24H18ClFN4O2S/c1-13-2-3-15(26)10-18(13)23(31)28-16-4-5-17(19(25)11-16)24(32)30-8-6-14-12-27-29-21(14)22-20(30)7-9-33-22/h2-5,7,9-12H,6,8H2,1H3,(H,27,29)(H,28,31). The van der Waals surface area contributed by atoms with Crippen molar-refractivity contribution in [3.8, 4) is 10.6 Å². The number of hydrogen-bond acceptors (Lipinski definition) is 4. The maximum Gasteiger partial charge on any atom is 0.259 e. The van der Waals surface area contributed by atoms with Crippen LogP contribution in [0.3, 0.4) is 0 Å². The zero-order chi connectivity index (χ0) is 23.1. The first-order valence-corrected chi connectivity index (χ1v) is 11.5. The predicted octanol–water partition coefficient (Wildman–Crippen LogP) is 5.69. The molecule has 0 radical (unpaired) electrons. The number of aromatic nitrogens is 2. The van der Waals surface area contributed by atoms with Crippen molar-refractivity contribution in [2.24, 2.45) is 0 Å². The fraction of sp³-hybridized carbons (Fsp3) is 0.125. The zero-order valence-electron chi connectivity index (χ0n) is 17.5. The molecule has 2 aromatic carbocycles. The van der Waals surface area contributed by atoms with Crippen molar-refractivity contribution >= 4 is 46.1 Å². The van der Waals surface area contributed by atoms with E-state index in [0.29, 0.717) is 29.8 Å². The van der Waals surface area contributed by atoms with Gasteiger partial charge in [0.1, 0.15) is 5.82 Å². The number of H-pyrrole nitrogens is 1. The Bertz CT molecular complexity index is 1400. The molecule has 0 unspecified atom stereocenters. The number of nitrogens with one attached hydrogen (secondary N) is 2. The molecule has 1 aliphatic heterocycles. The number of benzene rings is 2. The zero-order valence-corrected chi connectivity index (χ0v) is 19.1. The predicted molar refractivity (Wildman–Crippen MR) is 128 cm³/mol. The molecule has 0 aliphatic carbocycles. The maximum absolute atomic E-state index is 13.6. The van der Waals surface area contributed by atoms with Gasteiger partial charge in [0.05, 0.1) is 33.0 Å². The van der Waals surface area contributed by atoms with E-state index in [9.17, 15) is 14.0 Å². The Balaban J connectivity index is 1.40. The molecular formula is C24H18ClFN4O2S. The molecule has 2 N–H and O–H groups in total. The Morgan fingerprint density at radius 3 is 2.85 bits per heavy atom. The number of halogens is 2. The van der Waals surface area contributed by atoms with Crippen molar-refractivity contribution in [1.29, 1.82) is 0 Å². The molecule has 33 heavy (non-hydrogen) atoms. The van der Waals surface area contributed by atoms with Gasteiger partial charge in [-0.3, -0.25) is 14.7 Å². The van der Waals surface area contributed by atoms with E-state index in [1.807, 2.05) is 11.4 Å². The SMILES string of the molecule is Cc1ccc(F)cc1C(=O)Nc1ccc(C(=O)N2CCc3cn[nH]c3-c3sccc32)c(Cl)c1. The second-order valence-corrected chi connectivity index (χ2v) is 9.04. The van der Waals surface area contributed by atoms with E-state index in [1.165, 1.54) is 18.2 Å². The van der Waals surface area contributed by atoms with Crippen LogP contribution < -0.4 is 10.2 Å². The molecule has 2 aromatic heterocycles. The average Bonchev–Trinajstić information content (AvgIpc) is 3.42. The number of fused-ring (bicyclic) bond motifs is 3. The molecule has 1 aliphatic rings. The van der Waals surface area contributed by atoms with E-state index in [1.54, 1.807) is 47.6 Å². The van der Waals surface area contributed by atoms with Crippen LogP contribution in [0.4, 0.5) is 15.8 Å². The molecule has 0 spiro atoms. The molecular weight excluding hydrogens is 463 g/mol. The van der Waals surface area contributed by atoms with Crippen molar-refractivity contribution in [2.75, 3.05) is 16.8 Å². The van der Waals surface area contributed by atoms with Crippen molar-refractivity contribution in [1.82, 2.24) is 10.2 Å². The lowest BCUT2D eigenvalue weighted by molar-refractivity contribution is 0.0986. The molecule has 166 valence electrons. The average molecular weight is 481 g/mol. The van der Waals surface area contributed by atoms with E-state index in [4.69, 9.17) is 11.6 Å². The van der Waals surface area contributed by atoms with Crippen molar-refractivity contribution in [3.05, 3.63) is 87.1 Å². The summed E-state index contributed by atoms with van der Waals surface area (Å²) in [6, 6.07) is 10.7. The molecule has 6 nitrogen and oxygen atoms in total. The van der Waals surface area contributed by atoms with E-state index < -0.39 is 11.7 Å². The number of amides is 2. The van der Waals surface area contributed by atoms with Crippen LogP contribution in [0.1, 0.15) is 31.8 Å². The van der Waals surface area contributed by atoms with Crippen LogP contribution in [-0.4, -0.2) is 28.6 Å². The fourth-order valence-corrected chi connectivity index (χ4v) is 5.10. The summed E-state index contributed by atoms with van der Waals surface area (Å²) >= 11 is 8.01. The van der Waals surface area contributed by atoms with Crippen LogP contribution in [0.2, 0.25) is 5.02 Å². The van der Waals surface area contributed by atoms with Gasteiger partial charge < -0.3 is 10.2 Å². The number of aryl methyl sites for hydroxylation is 1. The fourth-order valence-electron chi connectivity index (χ4n) is 3.91. The van der Waals surface area contributed by atoms with Gasteiger partial charge in [-0.25, -0.2) is 4.39 Å². The third-order valence-electron chi connectivity index (χ3n) is 5.63. The van der Waals surface area contributed by atoms with Gasteiger partial charge in [0, 0.05) is 23.4 Å². The molecule has 9 heteroatoms. The summed E-state index contributed by atoms with van der Waals surface area (Å²) in [5.74, 6) is -1.17. The van der Waals surface area contributed by atoms with E-state index in [0.717, 1.165) is 21.8 Å². The first-order valence-electron chi connectivity index (χ1n) is 10.2. The number of thiophene rings is 1. The minimum atomic E-state index is -0.489. The number of carbonyl (C=O) groups excluding carboxylic acids is 2. The third-order valence-corrected chi connectivity index (χ3v) is 6.87. The van der Waals surface area contributed by atoms with Gasteiger partial charge >= 0.3 is 0 Å². The van der Waals surface area contributed by atoms with Crippen LogP contribution in [0.15, 0.2) is 54.0 Å². The quantitative estimate of drug-likeness (QED) is 0.395. The van der Waals surface area contributed by atoms with Crippen LogP contribution in [0.5, 0.6) is 0 Å². The summed E-state index contributed by atoms with van der Waals surface area (Å²) in [6.45, 7) is 2.22. The van der Waals surface area contributed by atoms with E-state index in [-0.39, 0.29) is 16.5 Å². The molecule has 3 heterocycles. The van der Waals surface area contributed by atoms with Crippen LogP contribution >= 0.6 is 22.9 Å². The highest BCUT2D eigenvalue weighted by atomic mass is 35.5. The Morgan fingerprint density at radius 2 is 2.03 bits per heavy atom. The summed E-state index contributed by atoms with van der Waals surface area (Å²) in [4.78, 5) is 28.7. The number of hydrogen-bond donors (Lipinski definition) is 2. The highest BCUT2D eigenvalue weighted by Gasteiger charge is 2.28. The highest BCUT2D eigenvalue weighted by Crippen LogP contribution is 2.40. The van der Waals surface area contributed by atoms with Crippen LogP contribution in [-0.2, 0) is 6.42 Å². The van der Waals surface area contributed by atoms with Gasteiger partial charge in [0.25, 0.3) is 11.8 Å². The lowest BCUT2D eigenvalue weighted by Crippen LogP contribution is -2.32. The number of aromatic amines is 1. The summed E-state index contributed by atoms with van der Waals surface area (Å²) < 4.78 is 13.6. The molecule has 0 saturated carbocycles. The van der Waals surface area contributed by atoms with Crippen LogP contribution in [0, 0.1) is 12.7 Å². The topological polar surface area (TPSA) is 78.1 Å².